The standard InChI is InChI=1S/C52H35NO/c1-5-15-36(16-6-1)38-25-29-42(30-26-38)53(43-31-27-39(28-32-43)37-17-7-2-8-18-37)49-34-33-44(40-19-9-3-10-20-40)52-50(49)48-35-47(41-21-11-4-12-22-41)45-23-13-14-24-46(45)51(48)54-52/h1-35H/i3D,9D,10D,19D,20D. The van der Waals surface area contributed by atoms with Gasteiger partial charge in [0.15, 0.2) is 0 Å². The molecule has 0 aliphatic rings. The van der Waals surface area contributed by atoms with Gasteiger partial charge in [0.2, 0.25) is 0 Å². The highest BCUT2D eigenvalue weighted by molar-refractivity contribution is 6.24. The Balaban J connectivity index is 1.30. The monoisotopic (exact) mass is 694 g/mol. The number of fused-ring (bicyclic) bond motifs is 5. The van der Waals surface area contributed by atoms with E-state index in [1.807, 2.05) is 78.9 Å². The minimum atomic E-state index is -0.441. The van der Waals surface area contributed by atoms with Gasteiger partial charge in [0.1, 0.15) is 11.2 Å². The van der Waals surface area contributed by atoms with Crippen LogP contribution < -0.4 is 4.90 Å². The van der Waals surface area contributed by atoms with E-state index < -0.39 is 18.1 Å². The van der Waals surface area contributed by atoms with Crippen LogP contribution in [-0.4, -0.2) is 0 Å². The van der Waals surface area contributed by atoms with Gasteiger partial charge in [-0.2, -0.15) is 0 Å². The SMILES string of the molecule is [2H]c1c([2H])c([2H])c(-c2ccc(N(c3ccc(-c4ccccc4)cc3)c3ccc(-c4ccccc4)cc3)c3c2oc2c4ccccc4c(-c4ccccc4)cc23)c([2H])c1[2H]. The third kappa shape index (κ3) is 5.53. The van der Waals surface area contributed by atoms with Gasteiger partial charge in [-0.1, -0.05) is 170 Å². The van der Waals surface area contributed by atoms with Crippen molar-refractivity contribution in [3.8, 4) is 44.5 Å². The van der Waals surface area contributed by atoms with Crippen molar-refractivity contribution < 1.29 is 11.3 Å². The smallest absolute Gasteiger partial charge is 0.145 e. The molecule has 2 heteroatoms. The van der Waals surface area contributed by atoms with Crippen LogP contribution in [0.1, 0.15) is 6.85 Å². The van der Waals surface area contributed by atoms with E-state index in [-0.39, 0.29) is 17.6 Å². The summed E-state index contributed by atoms with van der Waals surface area (Å²) >= 11 is 0. The summed E-state index contributed by atoms with van der Waals surface area (Å²) in [7, 11) is 0. The van der Waals surface area contributed by atoms with Crippen LogP contribution in [0.15, 0.2) is 217 Å². The topological polar surface area (TPSA) is 16.4 Å². The Labute approximate surface area is 321 Å². The van der Waals surface area contributed by atoms with Crippen LogP contribution in [0.5, 0.6) is 0 Å². The van der Waals surface area contributed by atoms with Crippen LogP contribution in [0, 0.1) is 0 Å². The first-order valence-electron chi connectivity index (χ1n) is 20.5. The van der Waals surface area contributed by atoms with Crippen LogP contribution in [0.25, 0.3) is 77.2 Å². The summed E-state index contributed by atoms with van der Waals surface area (Å²) in [6.07, 6.45) is 0. The average Bonchev–Trinajstić information content (AvgIpc) is 3.70. The summed E-state index contributed by atoms with van der Waals surface area (Å²) in [5.41, 5.74) is 10.7. The lowest BCUT2D eigenvalue weighted by atomic mass is 9.94. The molecule has 0 spiro atoms. The summed E-state index contributed by atoms with van der Waals surface area (Å²) in [6.45, 7) is 0. The second kappa shape index (κ2) is 13.4. The molecule has 0 atom stereocenters. The number of anilines is 3. The summed E-state index contributed by atoms with van der Waals surface area (Å²) < 4.78 is 50.6. The van der Waals surface area contributed by atoms with Crippen LogP contribution >= 0.6 is 0 Å². The van der Waals surface area contributed by atoms with E-state index in [0.29, 0.717) is 16.7 Å². The minimum Gasteiger partial charge on any atom is -0.455 e. The van der Waals surface area contributed by atoms with Crippen LogP contribution in [0.4, 0.5) is 17.1 Å². The molecule has 9 aromatic carbocycles. The molecule has 0 aliphatic heterocycles. The fourth-order valence-corrected chi connectivity index (χ4v) is 7.60. The Morgan fingerprint density at radius 1 is 0.370 bits per heavy atom. The molecule has 2 nitrogen and oxygen atoms in total. The summed E-state index contributed by atoms with van der Waals surface area (Å²) in [6, 6.07) is 60.2. The second-order valence-corrected chi connectivity index (χ2v) is 13.3. The maximum atomic E-state index is 9.02. The van der Waals surface area contributed by atoms with E-state index >= 15 is 0 Å². The van der Waals surface area contributed by atoms with Crippen LogP contribution in [0.2, 0.25) is 0 Å². The molecular weight excluding hydrogens is 655 g/mol. The molecule has 0 N–H and O–H groups in total. The molecular formula is C52H35NO. The lowest BCUT2D eigenvalue weighted by Crippen LogP contribution is -2.10. The zero-order chi connectivity index (χ0) is 40.2. The van der Waals surface area contributed by atoms with E-state index in [0.717, 1.165) is 72.0 Å². The zero-order valence-corrected chi connectivity index (χ0v) is 29.2. The van der Waals surface area contributed by atoms with Crippen molar-refractivity contribution in [1.82, 2.24) is 0 Å². The lowest BCUT2D eigenvalue weighted by Gasteiger charge is -2.27. The molecule has 10 rings (SSSR count). The predicted octanol–water partition coefficient (Wildman–Crippen LogP) is 14.9. The quantitative estimate of drug-likeness (QED) is 0.165. The van der Waals surface area contributed by atoms with Gasteiger partial charge in [-0.15, -0.1) is 0 Å². The molecule has 10 aromatic rings. The summed E-state index contributed by atoms with van der Waals surface area (Å²) in [5, 5.41) is 3.52. The van der Waals surface area contributed by atoms with Gasteiger partial charge in [-0.25, -0.2) is 0 Å². The number of nitrogens with zero attached hydrogens (tertiary/aromatic N) is 1. The van der Waals surface area contributed by atoms with E-state index in [4.69, 9.17) is 11.3 Å². The van der Waals surface area contributed by atoms with Crippen LogP contribution in [0.3, 0.4) is 0 Å². The normalized spacial score (nSPS) is 12.6. The van der Waals surface area contributed by atoms with E-state index in [2.05, 4.69) is 108 Å². The first kappa shape index (κ1) is 26.6. The number of furan rings is 1. The molecule has 254 valence electrons. The third-order valence-electron chi connectivity index (χ3n) is 10.2. The largest absolute Gasteiger partial charge is 0.455 e. The third-order valence-corrected chi connectivity index (χ3v) is 10.2. The Kier molecular flexibility index (Phi) is 6.61. The van der Waals surface area contributed by atoms with Gasteiger partial charge in [-0.05, 0) is 86.8 Å². The fourth-order valence-electron chi connectivity index (χ4n) is 7.60. The van der Waals surface area contributed by atoms with Crippen molar-refractivity contribution in [3.05, 3.63) is 212 Å². The highest BCUT2D eigenvalue weighted by atomic mass is 16.3. The molecule has 0 radical (unpaired) electrons. The van der Waals surface area contributed by atoms with Gasteiger partial charge in [0, 0.05) is 27.7 Å². The highest BCUT2D eigenvalue weighted by Crippen LogP contribution is 2.49. The predicted molar refractivity (Wildman–Crippen MR) is 228 cm³/mol. The van der Waals surface area contributed by atoms with E-state index in [9.17, 15) is 0 Å². The first-order valence-corrected chi connectivity index (χ1v) is 18.0. The van der Waals surface area contributed by atoms with Crippen molar-refractivity contribution in [2.75, 3.05) is 4.90 Å². The van der Waals surface area contributed by atoms with Crippen molar-refractivity contribution in [2.45, 2.75) is 0 Å². The van der Waals surface area contributed by atoms with E-state index in [1.54, 1.807) is 0 Å². The number of hydrogen-bond acceptors (Lipinski definition) is 2. The molecule has 0 bridgehead atoms. The maximum Gasteiger partial charge on any atom is 0.145 e. The molecule has 0 fully saturated rings. The molecule has 0 saturated heterocycles. The Hall–Kier alpha value is -7.16. The molecule has 0 aliphatic carbocycles. The molecule has 54 heavy (non-hydrogen) atoms. The minimum absolute atomic E-state index is 0.0881. The van der Waals surface area contributed by atoms with E-state index in [1.165, 1.54) is 0 Å². The lowest BCUT2D eigenvalue weighted by molar-refractivity contribution is 0.674. The maximum absolute atomic E-state index is 9.02. The van der Waals surface area contributed by atoms with Gasteiger partial charge >= 0.3 is 0 Å². The number of hydrogen-bond donors (Lipinski definition) is 0. The molecule has 1 heterocycles. The average molecular weight is 695 g/mol. The number of benzene rings is 9. The number of rotatable bonds is 7. The Morgan fingerprint density at radius 3 is 1.44 bits per heavy atom. The molecule has 0 amide bonds. The molecule has 1 aromatic heterocycles. The van der Waals surface area contributed by atoms with Gasteiger partial charge in [-0.3, -0.25) is 0 Å². The first-order chi connectivity index (χ1) is 28.9. The molecule has 0 unspecified atom stereocenters. The van der Waals surface area contributed by atoms with Crippen molar-refractivity contribution in [2.24, 2.45) is 0 Å². The van der Waals surface area contributed by atoms with Crippen LogP contribution in [-0.2, 0) is 0 Å². The van der Waals surface area contributed by atoms with Crippen molar-refractivity contribution in [1.29, 1.82) is 0 Å². The Bertz CT molecular complexity index is 3070. The summed E-state index contributed by atoms with van der Waals surface area (Å²) in [4.78, 5) is 2.21. The summed E-state index contributed by atoms with van der Waals surface area (Å²) in [5.74, 6) is 0. The fraction of sp³-hybridized carbons (Fsp3) is 0. The zero-order valence-electron chi connectivity index (χ0n) is 34.2. The van der Waals surface area contributed by atoms with Crippen molar-refractivity contribution in [3.63, 3.8) is 0 Å². The van der Waals surface area contributed by atoms with Gasteiger partial charge < -0.3 is 9.32 Å². The highest BCUT2D eigenvalue weighted by Gasteiger charge is 2.24. The van der Waals surface area contributed by atoms with Gasteiger partial charge in [0.25, 0.3) is 0 Å². The van der Waals surface area contributed by atoms with Gasteiger partial charge in [0.05, 0.1) is 17.9 Å². The molecule has 0 saturated carbocycles. The Morgan fingerprint density at radius 2 is 0.870 bits per heavy atom. The van der Waals surface area contributed by atoms with Crippen molar-refractivity contribution >= 4 is 49.8 Å². The second-order valence-electron chi connectivity index (χ2n) is 13.3.